The van der Waals surface area contributed by atoms with Crippen LogP contribution in [0.1, 0.15) is 27.0 Å². The molecule has 0 aliphatic carbocycles. The predicted octanol–water partition coefficient (Wildman–Crippen LogP) is 1.43. The number of carbonyl (C=O) groups excluding carboxylic acids is 1. The summed E-state index contributed by atoms with van der Waals surface area (Å²) in [4.78, 5) is 10.5. The van der Waals surface area contributed by atoms with Gasteiger partial charge in [0.1, 0.15) is 0 Å². The zero-order valence-electron chi connectivity index (χ0n) is 8.47. The molecule has 0 aliphatic rings. The van der Waals surface area contributed by atoms with E-state index in [0.717, 1.165) is 16.7 Å². The van der Waals surface area contributed by atoms with Gasteiger partial charge in [-0.2, -0.15) is 0 Å². The molecule has 0 aromatic heterocycles. The third kappa shape index (κ3) is 2.25. The lowest BCUT2D eigenvalue weighted by molar-refractivity contribution is -0.255. The second-order valence-electron chi connectivity index (χ2n) is 3.02. The fourth-order valence-corrected chi connectivity index (χ4v) is 1.15. The molecule has 0 heterocycles. The summed E-state index contributed by atoms with van der Waals surface area (Å²) < 4.78 is 0. The number of aromatic carboxylic acids is 1. The third-order valence-electron chi connectivity index (χ3n) is 2.16. The summed E-state index contributed by atoms with van der Waals surface area (Å²) in [5, 5.41) is 10.5. The van der Waals surface area contributed by atoms with E-state index in [2.05, 4.69) is 0 Å². The van der Waals surface area contributed by atoms with Gasteiger partial charge >= 0.3 is 0 Å². The first-order valence-corrected chi connectivity index (χ1v) is 3.81. The minimum Gasteiger partial charge on any atom is -0.545 e. The Morgan fingerprint density at radius 3 is 1.85 bits per heavy atom. The van der Waals surface area contributed by atoms with Gasteiger partial charge < -0.3 is 9.90 Å². The molecule has 0 fully saturated rings. The number of carbonyl (C=O) groups is 1. The highest BCUT2D eigenvalue weighted by atomic mass is 16.4. The molecule has 13 heavy (non-hydrogen) atoms. The van der Waals surface area contributed by atoms with E-state index in [-0.39, 0.29) is 13.0 Å². The molecule has 2 heteroatoms. The molecule has 0 atom stereocenters. The SMILES string of the molecule is Cc1cc(C(=O)[O-])cc(C)c1C.[CH3+]. The van der Waals surface area contributed by atoms with E-state index in [1.54, 1.807) is 12.1 Å². The molecule has 0 spiro atoms. The minimum absolute atomic E-state index is 0. The minimum atomic E-state index is -1.11. The van der Waals surface area contributed by atoms with Crippen molar-refractivity contribution in [1.29, 1.82) is 0 Å². The summed E-state index contributed by atoms with van der Waals surface area (Å²) in [5.41, 5.74) is 3.39. The fourth-order valence-electron chi connectivity index (χ4n) is 1.15. The molecule has 0 saturated carbocycles. The van der Waals surface area contributed by atoms with E-state index in [9.17, 15) is 9.90 Å². The first-order chi connectivity index (χ1) is 5.52. The Hall–Kier alpha value is -1.44. The van der Waals surface area contributed by atoms with Crippen molar-refractivity contribution in [3.63, 3.8) is 0 Å². The number of benzene rings is 1. The Labute approximate surface area is 79.2 Å². The highest BCUT2D eigenvalue weighted by Crippen LogP contribution is 2.14. The van der Waals surface area contributed by atoms with Crippen molar-refractivity contribution in [2.75, 3.05) is 0 Å². The summed E-state index contributed by atoms with van der Waals surface area (Å²) in [6.45, 7) is 5.77. The van der Waals surface area contributed by atoms with Gasteiger partial charge in [0.15, 0.2) is 0 Å². The van der Waals surface area contributed by atoms with E-state index in [1.165, 1.54) is 0 Å². The first-order valence-electron chi connectivity index (χ1n) is 3.81. The zero-order valence-corrected chi connectivity index (χ0v) is 8.47. The van der Waals surface area contributed by atoms with Gasteiger partial charge in [-0.05, 0) is 55.2 Å². The lowest BCUT2D eigenvalue weighted by Crippen LogP contribution is -2.22. The van der Waals surface area contributed by atoms with Crippen LogP contribution in [0.15, 0.2) is 12.1 Å². The predicted molar refractivity (Wildman–Crippen MR) is 51.4 cm³/mol. The topological polar surface area (TPSA) is 40.1 Å². The summed E-state index contributed by atoms with van der Waals surface area (Å²) in [5.74, 6) is -1.11. The smallest absolute Gasteiger partial charge is 0.0715 e. The van der Waals surface area contributed by atoms with Gasteiger partial charge in [-0.25, -0.2) is 0 Å². The monoisotopic (exact) mass is 178 g/mol. The van der Waals surface area contributed by atoms with Crippen molar-refractivity contribution in [2.24, 2.45) is 0 Å². The van der Waals surface area contributed by atoms with E-state index in [1.807, 2.05) is 20.8 Å². The maximum atomic E-state index is 10.5. The summed E-state index contributed by atoms with van der Waals surface area (Å²) in [7, 11) is 0. The standard InChI is InChI=1S/C10H12O2.CH3/c1-6-4-9(10(11)12)5-7(2)8(6)3;/h4-5H,1-3H3,(H,11,12);1H3/q;+1/p-1. The van der Waals surface area contributed by atoms with Gasteiger partial charge in [0.2, 0.25) is 0 Å². The van der Waals surface area contributed by atoms with Crippen molar-refractivity contribution in [3.8, 4) is 0 Å². The van der Waals surface area contributed by atoms with Crippen molar-refractivity contribution in [1.82, 2.24) is 0 Å². The van der Waals surface area contributed by atoms with Crippen LogP contribution in [0.4, 0.5) is 0 Å². The first kappa shape index (κ1) is 11.6. The summed E-state index contributed by atoms with van der Waals surface area (Å²) in [6.07, 6.45) is 0. The zero-order chi connectivity index (χ0) is 9.30. The second-order valence-corrected chi connectivity index (χ2v) is 3.02. The number of aryl methyl sites for hydroxylation is 2. The second kappa shape index (κ2) is 3.99. The van der Waals surface area contributed by atoms with Crippen LogP contribution in [0.3, 0.4) is 0 Å². The summed E-state index contributed by atoms with van der Waals surface area (Å²) in [6, 6.07) is 3.27. The highest BCUT2D eigenvalue weighted by molar-refractivity contribution is 5.86. The van der Waals surface area contributed by atoms with Crippen LogP contribution in [-0.4, -0.2) is 5.97 Å². The molecule has 0 unspecified atom stereocenters. The van der Waals surface area contributed by atoms with Crippen LogP contribution in [0.25, 0.3) is 0 Å². The van der Waals surface area contributed by atoms with E-state index < -0.39 is 5.97 Å². The van der Waals surface area contributed by atoms with Crippen LogP contribution in [-0.2, 0) is 0 Å². The molecular weight excluding hydrogens is 164 g/mol. The van der Waals surface area contributed by atoms with E-state index in [4.69, 9.17) is 0 Å². The Kier molecular flexibility index (Phi) is 3.54. The van der Waals surface area contributed by atoms with Crippen molar-refractivity contribution in [3.05, 3.63) is 41.8 Å². The van der Waals surface area contributed by atoms with E-state index in [0.29, 0.717) is 0 Å². The quantitative estimate of drug-likeness (QED) is 0.610. The Bertz CT molecular complexity index is 304. The average molecular weight is 178 g/mol. The molecule has 0 N–H and O–H groups in total. The highest BCUT2D eigenvalue weighted by Gasteiger charge is 2.00. The van der Waals surface area contributed by atoms with Gasteiger partial charge in [0, 0.05) is 7.43 Å². The van der Waals surface area contributed by atoms with Crippen LogP contribution in [0, 0.1) is 28.2 Å². The van der Waals surface area contributed by atoms with E-state index >= 15 is 0 Å². The van der Waals surface area contributed by atoms with Gasteiger partial charge in [-0.1, -0.05) is 0 Å². The number of hydrogen-bond donors (Lipinski definition) is 0. The van der Waals surface area contributed by atoms with Crippen LogP contribution >= 0.6 is 0 Å². The molecule has 0 saturated heterocycles. The molecule has 0 bridgehead atoms. The van der Waals surface area contributed by atoms with Crippen molar-refractivity contribution >= 4 is 5.97 Å². The molecule has 2 nitrogen and oxygen atoms in total. The van der Waals surface area contributed by atoms with Crippen molar-refractivity contribution < 1.29 is 9.90 Å². The molecule has 1 aromatic rings. The lowest BCUT2D eigenvalue weighted by atomic mass is 10.0. The fraction of sp³-hybridized carbons (Fsp3) is 0.273. The van der Waals surface area contributed by atoms with Gasteiger partial charge in [0.05, 0.1) is 5.97 Å². The van der Waals surface area contributed by atoms with Gasteiger partial charge in [-0.3, -0.25) is 0 Å². The van der Waals surface area contributed by atoms with Crippen LogP contribution in [0.2, 0.25) is 0 Å². The van der Waals surface area contributed by atoms with Crippen molar-refractivity contribution in [2.45, 2.75) is 20.8 Å². The normalized spacial score (nSPS) is 9.15. The average Bonchev–Trinajstić information content (AvgIpc) is 1.99. The van der Waals surface area contributed by atoms with Gasteiger partial charge in [-0.15, -0.1) is 0 Å². The molecular formula is C11H14O2. The molecule has 0 amide bonds. The Morgan fingerprint density at radius 1 is 1.15 bits per heavy atom. The molecule has 1 rings (SSSR count). The molecule has 0 aliphatic heterocycles. The maximum Gasteiger partial charge on any atom is 0.0715 e. The Balaban J connectivity index is 0.00000144. The molecule has 70 valence electrons. The number of rotatable bonds is 1. The van der Waals surface area contributed by atoms with Crippen LogP contribution in [0.5, 0.6) is 0 Å². The molecule has 0 radical (unpaired) electrons. The summed E-state index contributed by atoms with van der Waals surface area (Å²) >= 11 is 0. The molecule has 1 aromatic carbocycles. The van der Waals surface area contributed by atoms with Crippen LogP contribution < -0.4 is 5.11 Å². The number of hydrogen-bond acceptors (Lipinski definition) is 2. The number of carboxylic acid groups (broad SMARTS) is 1. The largest absolute Gasteiger partial charge is 0.545 e. The Morgan fingerprint density at radius 2 is 1.54 bits per heavy atom. The maximum absolute atomic E-state index is 10.5. The number of carboxylic acids is 1. The van der Waals surface area contributed by atoms with Gasteiger partial charge in [0.25, 0.3) is 0 Å². The third-order valence-corrected chi connectivity index (χ3v) is 2.16. The lowest BCUT2D eigenvalue weighted by Gasteiger charge is -2.09.